The van der Waals surface area contributed by atoms with E-state index in [-0.39, 0.29) is 18.4 Å². The average molecular weight is 447 g/mol. The van der Waals surface area contributed by atoms with Gasteiger partial charge in [-0.25, -0.2) is 4.79 Å². The van der Waals surface area contributed by atoms with Crippen LogP contribution < -0.4 is 16.0 Å². The lowest BCUT2D eigenvalue weighted by atomic mass is 9.95. The van der Waals surface area contributed by atoms with Crippen molar-refractivity contribution < 1.29 is 19.1 Å². The van der Waals surface area contributed by atoms with Crippen molar-refractivity contribution in [3.05, 3.63) is 29.8 Å². The predicted molar refractivity (Wildman–Crippen MR) is 126 cm³/mol. The normalized spacial score (nSPS) is 15.4. The minimum absolute atomic E-state index is 0.0567. The Kier molecular flexibility index (Phi) is 8.66. The number of benzene rings is 1. The summed E-state index contributed by atoms with van der Waals surface area (Å²) in [4.78, 5) is 38.9. The van der Waals surface area contributed by atoms with Gasteiger partial charge in [-0.05, 0) is 78.5 Å². The van der Waals surface area contributed by atoms with Crippen LogP contribution in [-0.4, -0.2) is 60.1 Å². The molecule has 8 nitrogen and oxygen atoms in total. The maximum Gasteiger partial charge on any atom is 0.407 e. The number of hydrogen-bond donors (Lipinski definition) is 3. The quantitative estimate of drug-likeness (QED) is 0.512. The Labute approximate surface area is 191 Å². The van der Waals surface area contributed by atoms with Crippen molar-refractivity contribution in [2.45, 2.75) is 65.5 Å². The zero-order valence-electron chi connectivity index (χ0n) is 20.2. The number of hydrogen-bond acceptors (Lipinski definition) is 5. The van der Waals surface area contributed by atoms with E-state index in [4.69, 9.17) is 4.74 Å². The fourth-order valence-electron chi connectivity index (χ4n) is 3.55. The molecule has 1 aromatic rings. The Balaban J connectivity index is 1.92. The van der Waals surface area contributed by atoms with E-state index in [9.17, 15) is 14.4 Å². The fourth-order valence-corrected chi connectivity index (χ4v) is 3.55. The molecule has 0 bridgehead atoms. The van der Waals surface area contributed by atoms with Gasteiger partial charge in [0, 0.05) is 36.4 Å². The number of nitrogens with zero attached hydrogens (tertiary/aromatic N) is 1. The molecule has 0 aromatic heterocycles. The number of nitrogens with one attached hydrogen (secondary N) is 3. The van der Waals surface area contributed by atoms with Gasteiger partial charge in [-0.1, -0.05) is 6.07 Å². The number of rotatable bonds is 10. The minimum Gasteiger partial charge on any atom is -0.444 e. The Morgan fingerprint density at radius 1 is 1.09 bits per heavy atom. The van der Waals surface area contributed by atoms with E-state index < -0.39 is 17.2 Å². The van der Waals surface area contributed by atoms with Gasteiger partial charge in [-0.2, -0.15) is 0 Å². The minimum atomic E-state index is -0.561. The van der Waals surface area contributed by atoms with E-state index in [0.29, 0.717) is 36.8 Å². The number of ether oxygens (including phenoxy) is 1. The zero-order chi connectivity index (χ0) is 23.9. The Morgan fingerprint density at radius 2 is 1.75 bits per heavy atom. The summed E-state index contributed by atoms with van der Waals surface area (Å²) in [6.07, 6.45) is 1.64. The molecule has 2 rings (SSSR count). The Hall–Kier alpha value is -2.61. The number of carbonyl (C=O) groups excluding carboxylic acids is 3. The molecule has 0 aliphatic heterocycles. The van der Waals surface area contributed by atoms with Gasteiger partial charge in [0.25, 0.3) is 5.91 Å². The predicted octanol–water partition coefficient (Wildman–Crippen LogP) is 3.39. The third-order valence-electron chi connectivity index (χ3n) is 5.57. The standard InChI is InChI=1S/C24H38N4O4/c1-7-28(8-2)21(30)17-10-9-11-19(14-17)27-20(29)15-26-24(6,18-12-13-18)16-25-22(31)32-23(3,4)5/h9-11,14,18,26H,7-8,12-13,15-16H2,1-6H3,(H,25,31)(H,27,29)/t24-/m1/s1. The number of amides is 3. The molecule has 8 heteroatoms. The van der Waals surface area contributed by atoms with Crippen LogP contribution in [0.15, 0.2) is 24.3 Å². The summed E-state index contributed by atoms with van der Waals surface area (Å²) in [7, 11) is 0. The molecule has 1 aromatic carbocycles. The van der Waals surface area contributed by atoms with Crippen LogP contribution in [0.4, 0.5) is 10.5 Å². The number of carbonyl (C=O) groups is 3. The smallest absolute Gasteiger partial charge is 0.407 e. The summed E-state index contributed by atoms with van der Waals surface area (Å²) in [6.45, 7) is 13.1. The van der Waals surface area contributed by atoms with E-state index in [1.165, 1.54) is 0 Å². The average Bonchev–Trinajstić information content (AvgIpc) is 3.56. The van der Waals surface area contributed by atoms with Crippen LogP contribution in [-0.2, 0) is 9.53 Å². The van der Waals surface area contributed by atoms with Crippen molar-refractivity contribution in [2.75, 3.05) is 31.5 Å². The Morgan fingerprint density at radius 3 is 2.31 bits per heavy atom. The van der Waals surface area contributed by atoms with Gasteiger partial charge in [0.1, 0.15) is 5.60 Å². The lowest BCUT2D eigenvalue weighted by Gasteiger charge is -2.32. The molecule has 0 saturated heterocycles. The number of anilines is 1. The van der Waals surface area contributed by atoms with Crippen molar-refractivity contribution in [3.8, 4) is 0 Å². The molecule has 0 heterocycles. The second kappa shape index (κ2) is 10.8. The lowest BCUT2D eigenvalue weighted by molar-refractivity contribution is -0.115. The highest BCUT2D eigenvalue weighted by Gasteiger charge is 2.41. The van der Waals surface area contributed by atoms with Crippen LogP contribution in [0.2, 0.25) is 0 Å². The van der Waals surface area contributed by atoms with Crippen LogP contribution in [0.5, 0.6) is 0 Å². The monoisotopic (exact) mass is 446 g/mol. The van der Waals surface area contributed by atoms with Gasteiger partial charge in [0.15, 0.2) is 0 Å². The van der Waals surface area contributed by atoms with Gasteiger partial charge < -0.3 is 25.6 Å². The first-order chi connectivity index (χ1) is 15.0. The van der Waals surface area contributed by atoms with E-state index >= 15 is 0 Å². The summed E-state index contributed by atoms with van der Waals surface area (Å²) in [6, 6.07) is 6.98. The Bertz CT molecular complexity index is 812. The SMILES string of the molecule is CCN(CC)C(=O)c1cccc(NC(=O)CN[C@](C)(CNC(=O)OC(C)(C)C)C2CC2)c1. The van der Waals surface area contributed by atoms with Crippen LogP contribution in [0.3, 0.4) is 0 Å². The summed E-state index contributed by atoms with van der Waals surface area (Å²) in [5.41, 5.74) is 0.155. The summed E-state index contributed by atoms with van der Waals surface area (Å²) >= 11 is 0. The van der Waals surface area contributed by atoms with Crippen LogP contribution in [0.25, 0.3) is 0 Å². The molecule has 3 amide bonds. The largest absolute Gasteiger partial charge is 0.444 e. The first-order valence-corrected chi connectivity index (χ1v) is 11.4. The van der Waals surface area contributed by atoms with Crippen molar-refractivity contribution in [3.63, 3.8) is 0 Å². The lowest BCUT2D eigenvalue weighted by Crippen LogP contribution is -2.55. The van der Waals surface area contributed by atoms with E-state index in [0.717, 1.165) is 12.8 Å². The van der Waals surface area contributed by atoms with Crippen LogP contribution >= 0.6 is 0 Å². The highest BCUT2D eigenvalue weighted by Crippen LogP contribution is 2.39. The maximum absolute atomic E-state index is 12.6. The molecule has 1 fully saturated rings. The third kappa shape index (κ3) is 7.82. The van der Waals surface area contributed by atoms with Crippen LogP contribution in [0.1, 0.15) is 64.7 Å². The van der Waals surface area contributed by atoms with Crippen molar-refractivity contribution in [1.82, 2.24) is 15.5 Å². The van der Waals surface area contributed by atoms with Gasteiger partial charge in [-0.3, -0.25) is 9.59 Å². The van der Waals surface area contributed by atoms with Crippen molar-refractivity contribution in [1.29, 1.82) is 0 Å². The van der Waals surface area contributed by atoms with Gasteiger partial charge in [0.05, 0.1) is 6.54 Å². The highest BCUT2D eigenvalue weighted by atomic mass is 16.6. The molecule has 0 spiro atoms. The molecule has 1 aliphatic rings. The molecule has 1 saturated carbocycles. The first-order valence-electron chi connectivity index (χ1n) is 11.4. The van der Waals surface area contributed by atoms with E-state index in [2.05, 4.69) is 16.0 Å². The molecule has 0 unspecified atom stereocenters. The molecular weight excluding hydrogens is 408 g/mol. The van der Waals surface area contributed by atoms with Gasteiger partial charge in [0.2, 0.25) is 5.91 Å². The molecule has 178 valence electrons. The first kappa shape index (κ1) is 25.6. The summed E-state index contributed by atoms with van der Waals surface area (Å²) < 4.78 is 5.31. The highest BCUT2D eigenvalue weighted by molar-refractivity contribution is 5.97. The second-order valence-electron chi connectivity index (χ2n) is 9.51. The maximum atomic E-state index is 12.6. The van der Waals surface area contributed by atoms with Gasteiger partial charge >= 0.3 is 6.09 Å². The topological polar surface area (TPSA) is 99.8 Å². The molecule has 0 radical (unpaired) electrons. The summed E-state index contributed by atoms with van der Waals surface area (Å²) in [5, 5.41) is 8.99. The molecular formula is C24H38N4O4. The second-order valence-corrected chi connectivity index (χ2v) is 9.51. The third-order valence-corrected chi connectivity index (χ3v) is 5.57. The van der Waals surface area contributed by atoms with Crippen molar-refractivity contribution >= 4 is 23.6 Å². The molecule has 1 atom stereocenters. The molecule has 32 heavy (non-hydrogen) atoms. The number of alkyl carbamates (subject to hydrolysis) is 1. The van der Waals surface area contributed by atoms with Crippen LogP contribution in [0, 0.1) is 5.92 Å². The fraction of sp³-hybridized carbons (Fsp3) is 0.625. The summed E-state index contributed by atoms with van der Waals surface area (Å²) in [5.74, 6) is 0.126. The molecule has 1 aliphatic carbocycles. The van der Waals surface area contributed by atoms with Gasteiger partial charge in [-0.15, -0.1) is 0 Å². The van der Waals surface area contributed by atoms with E-state index in [1.54, 1.807) is 29.2 Å². The molecule has 3 N–H and O–H groups in total. The van der Waals surface area contributed by atoms with E-state index in [1.807, 2.05) is 41.5 Å². The van der Waals surface area contributed by atoms with Crippen molar-refractivity contribution in [2.24, 2.45) is 5.92 Å². The zero-order valence-corrected chi connectivity index (χ0v) is 20.2.